The minimum atomic E-state index is -0.348. The number of benzene rings is 3. The van der Waals surface area contributed by atoms with Crippen LogP contribution in [0.5, 0.6) is 0 Å². The molecule has 6 nitrogen and oxygen atoms in total. The number of hydrogen-bond acceptors (Lipinski definition) is 3. The number of hydrogen-bond donors (Lipinski definition) is 3. The van der Waals surface area contributed by atoms with Gasteiger partial charge in [-0.25, -0.2) is 4.79 Å². The Morgan fingerprint density at radius 2 is 1.45 bits per heavy atom. The molecular formula is C24H23BrN4O2. The number of para-hydroxylation sites is 1. The molecule has 0 aliphatic carbocycles. The zero-order chi connectivity index (χ0) is 21.6. The van der Waals surface area contributed by atoms with Crippen LogP contribution in [0.1, 0.15) is 23.2 Å². The number of nitrogens with zero attached hydrogens (tertiary/aromatic N) is 1. The Morgan fingerprint density at radius 3 is 2.19 bits per heavy atom. The van der Waals surface area contributed by atoms with E-state index >= 15 is 0 Å². The third kappa shape index (κ3) is 5.24. The molecule has 3 amide bonds. The van der Waals surface area contributed by atoms with Crippen molar-refractivity contribution in [1.82, 2.24) is 0 Å². The molecule has 4 rings (SSSR count). The first-order valence-electron chi connectivity index (χ1n) is 10.2. The topological polar surface area (TPSA) is 73.5 Å². The number of amides is 3. The van der Waals surface area contributed by atoms with Gasteiger partial charge >= 0.3 is 6.03 Å². The standard InChI is InChI=1S/C24H23BrN4O2/c25-19-10-4-5-11-20(19)27-24(31)28-21-16-18(12-13-22(21)29-14-6-7-15-29)26-23(30)17-8-2-1-3-9-17/h1-5,8-13,16H,6-7,14-15H2,(H,26,30)(H2,27,28,31). The summed E-state index contributed by atoms with van der Waals surface area (Å²) < 4.78 is 0.800. The lowest BCUT2D eigenvalue weighted by atomic mass is 10.2. The monoisotopic (exact) mass is 478 g/mol. The smallest absolute Gasteiger partial charge is 0.323 e. The summed E-state index contributed by atoms with van der Waals surface area (Å²) in [5, 5.41) is 8.72. The molecule has 1 saturated heterocycles. The molecule has 0 atom stereocenters. The predicted molar refractivity (Wildman–Crippen MR) is 129 cm³/mol. The van der Waals surface area contributed by atoms with Crippen LogP contribution in [0, 0.1) is 0 Å². The Morgan fingerprint density at radius 1 is 0.774 bits per heavy atom. The second-order valence-corrected chi connectivity index (χ2v) is 8.16. The molecule has 0 bridgehead atoms. The van der Waals surface area contributed by atoms with Crippen LogP contribution in [0.25, 0.3) is 0 Å². The van der Waals surface area contributed by atoms with E-state index < -0.39 is 0 Å². The van der Waals surface area contributed by atoms with Crippen molar-refractivity contribution in [3.63, 3.8) is 0 Å². The fourth-order valence-corrected chi connectivity index (χ4v) is 3.96. The molecule has 0 unspecified atom stereocenters. The Labute approximate surface area is 189 Å². The molecule has 0 spiro atoms. The van der Waals surface area contributed by atoms with Crippen molar-refractivity contribution < 1.29 is 9.59 Å². The van der Waals surface area contributed by atoms with E-state index in [1.54, 1.807) is 18.2 Å². The number of anilines is 4. The molecular weight excluding hydrogens is 456 g/mol. The van der Waals surface area contributed by atoms with Gasteiger partial charge in [0.2, 0.25) is 0 Å². The first-order valence-corrected chi connectivity index (χ1v) is 11.0. The fraction of sp³-hybridized carbons (Fsp3) is 0.167. The van der Waals surface area contributed by atoms with Gasteiger partial charge in [0.15, 0.2) is 0 Å². The molecule has 1 aliphatic heterocycles. The molecule has 0 aromatic heterocycles. The summed E-state index contributed by atoms with van der Waals surface area (Å²) in [6.45, 7) is 1.88. The number of urea groups is 1. The number of nitrogens with one attached hydrogen (secondary N) is 3. The van der Waals surface area contributed by atoms with Crippen LogP contribution in [-0.2, 0) is 0 Å². The third-order valence-electron chi connectivity index (χ3n) is 5.11. The van der Waals surface area contributed by atoms with Gasteiger partial charge < -0.3 is 20.9 Å². The van der Waals surface area contributed by atoms with E-state index in [4.69, 9.17) is 0 Å². The molecule has 1 aliphatic rings. The van der Waals surface area contributed by atoms with Gasteiger partial charge in [0.1, 0.15) is 0 Å². The second-order valence-electron chi connectivity index (χ2n) is 7.31. The number of rotatable bonds is 5. The molecule has 3 aromatic carbocycles. The SMILES string of the molecule is O=C(Nc1ccccc1Br)Nc1cc(NC(=O)c2ccccc2)ccc1N1CCCC1. The summed E-state index contributed by atoms with van der Waals surface area (Å²) in [4.78, 5) is 27.5. The molecule has 0 saturated carbocycles. The van der Waals surface area contributed by atoms with Crippen molar-refractivity contribution >= 4 is 50.6 Å². The van der Waals surface area contributed by atoms with Crippen molar-refractivity contribution in [2.75, 3.05) is 33.9 Å². The lowest BCUT2D eigenvalue weighted by molar-refractivity contribution is 0.102. The van der Waals surface area contributed by atoms with Crippen LogP contribution in [-0.4, -0.2) is 25.0 Å². The van der Waals surface area contributed by atoms with E-state index in [0.29, 0.717) is 22.6 Å². The lowest BCUT2D eigenvalue weighted by Crippen LogP contribution is -2.24. The van der Waals surface area contributed by atoms with Crippen LogP contribution in [0.15, 0.2) is 77.3 Å². The van der Waals surface area contributed by atoms with Crippen LogP contribution >= 0.6 is 15.9 Å². The van der Waals surface area contributed by atoms with Gasteiger partial charge in [-0.3, -0.25) is 4.79 Å². The Kier molecular flexibility index (Phi) is 6.52. The van der Waals surface area contributed by atoms with E-state index in [-0.39, 0.29) is 11.9 Å². The first kappa shape index (κ1) is 20.9. The molecule has 31 heavy (non-hydrogen) atoms. The van der Waals surface area contributed by atoms with E-state index in [1.165, 1.54) is 0 Å². The van der Waals surface area contributed by atoms with Gasteiger partial charge in [-0.15, -0.1) is 0 Å². The third-order valence-corrected chi connectivity index (χ3v) is 5.80. The molecule has 7 heteroatoms. The van der Waals surface area contributed by atoms with Gasteiger partial charge in [-0.05, 0) is 71.2 Å². The number of carbonyl (C=O) groups is 2. The molecule has 0 radical (unpaired) electrons. The lowest BCUT2D eigenvalue weighted by Gasteiger charge is -2.22. The maximum Gasteiger partial charge on any atom is 0.323 e. The number of halogens is 1. The molecule has 1 fully saturated rings. The van der Waals surface area contributed by atoms with E-state index in [1.807, 2.05) is 54.6 Å². The summed E-state index contributed by atoms with van der Waals surface area (Å²) in [5.41, 5.74) is 3.46. The average molecular weight is 479 g/mol. The minimum Gasteiger partial charge on any atom is -0.370 e. The van der Waals surface area contributed by atoms with Gasteiger partial charge in [0.25, 0.3) is 5.91 Å². The summed E-state index contributed by atoms with van der Waals surface area (Å²) in [7, 11) is 0. The average Bonchev–Trinajstić information content (AvgIpc) is 3.31. The van der Waals surface area contributed by atoms with Crippen molar-refractivity contribution in [2.45, 2.75) is 12.8 Å². The molecule has 1 heterocycles. The maximum absolute atomic E-state index is 12.7. The van der Waals surface area contributed by atoms with E-state index in [2.05, 4.69) is 36.8 Å². The van der Waals surface area contributed by atoms with Crippen molar-refractivity contribution in [3.05, 3.63) is 82.8 Å². The Balaban J connectivity index is 1.55. The highest BCUT2D eigenvalue weighted by Crippen LogP contribution is 2.32. The van der Waals surface area contributed by atoms with Crippen molar-refractivity contribution in [1.29, 1.82) is 0 Å². The zero-order valence-corrected chi connectivity index (χ0v) is 18.5. The van der Waals surface area contributed by atoms with E-state index in [0.717, 1.165) is 36.1 Å². The summed E-state index contributed by atoms with van der Waals surface area (Å²) in [6, 6.07) is 21.7. The van der Waals surface area contributed by atoms with Crippen LogP contribution < -0.4 is 20.9 Å². The maximum atomic E-state index is 12.7. The minimum absolute atomic E-state index is 0.196. The fourth-order valence-electron chi connectivity index (χ4n) is 3.58. The summed E-state index contributed by atoms with van der Waals surface area (Å²) in [6.07, 6.45) is 2.24. The molecule has 3 aromatic rings. The van der Waals surface area contributed by atoms with Gasteiger partial charge in [0, 0.05) is 28.8 Å². The quantitative estimate of drug-likeness (QED) is 0.424. The Hall–Kier alpha value is -3.32. The second kappa shape index (κ2) is 9.66. The van der Waals surface area contributed by atoms with Gasteiger partial charge in [-0.2, -0.15) is 0 Å². The van der Waals surface area contributed by atoms with E-state index in [9.17, 15) is 9.59 Å². The molecule has 158 valence electrons. The Bertz CT molecular complexity index is 1080. The van der Waals surface area contributed by atoms with Crippen LogP contribution in [0.2, 0.25) is 0 Å². The normalized spacial score (nSPS) is 13.0. The summed E-state index contributed by atoms with van der Waals surface area (Å²) in [5.74, 6) is -0.196. The summed E-state index contributed by atoms with van der Waals surface area (Å²) >= 11 is 3.44. The highest BCUT2D eigenvalue weighted by atomic mass is 79.9. The van der Waals surface area contributed by atoms with Gasteiger partial charge in [-0.1, -0.05) is 30.3 Å². The molecule has 3 N–H and O–H groups in total. The van der Waals surface area contributed by atoms with Crippen molar-refractivity contribution in [3.8, 4) is 0 Å². The van der Waals surface area contributed by atoms with Gasteiger partial charge in [0.05, 0.1) is 17.1 Å². The van der Waals surface area contributed by atoms with Crippen LogP contribution in [0.3, 0.4) is 0 Å². The zero-order valence-electron chi connectivity index (χ0n) is 16.9. The predicted octanol–water partition coefficient (Wildman–Crippen LogP) is 5.95. The largest absolute Gasteiger partial charge is 0.370 e. The van der Waals surface area contributed by atoms with Crippen molar-refractivity contribution in [2.24, 2.45) is 0 Å². The number of carbonyl (C=O) groups excluding carboxylic acids is 2. The van der Waals surface area contributed by atoms with Crippen LogP contribution in [0.4, 0.5) is 27.5 Å². The first-order chi connectivity index (χ1) is 15.1. The highest BCUT2D eigenvalue weighted by molar-refractivity contribution is 9.10. The highest BCUT2D eigenvalue weighted by Gasteiger charge is 2.18.